The van der Waals surface area contributed by atoms with Crippen LogP contribution >= 0.6 is 23.2 Å². The number of carboxylic acids is 1. The number of carboxylic acid groups (broad SMARTS) is 1. The molecule has 0 aliphatic rings. The maximum atomic E-state index is 13.3. The van der Waals surface area contributed by atoms with Crippen LogP contribution in [0, 0.1) is 0 Å². The average Bonchev–Trinajstić information content (AvgIpc) is 2.95. The topological polar surface area (TPSA) is 55.1 Å². The molecule has 0 saturated carbocycles. The van der Waals surface area contributed by atoms with E-state index in [4.69, 9.17) is 28.3 Å². The van der Waals surface area contributed by atoms with E-state index in [9.17, 15) is 18.0 Å². The predicted octanol–water partition coefficient (Wildman–Crippen LogP) is 5.51. The molecule has 4 nitrogen and oxygen atoms in total. The minimum atomic E-state index is -4.75. The molecule has 2 aromatic carbocycles. The summed E-state index contributed by atoms with van der Waals surface area (Å²) >= 11 is 12.1. The number of carbonyl (C=O) groups is 1. The Balaban J connectivity index is 2.21. The normalized spacial score (nSPS) is 12.2. The quantitative estimate of drug-likeness (QED) is 0.572. The lowest BCUT2D eigenvalue weighted by Gasteiger charge is -2.09. The van der Waals surface area contributed by atoms with Gasteiger partial charge in [0.25, 0.3) is 0 Å². The maximum absolute atomic E-state index is 13.3. The number of alkyl halides is 3. The van der Waals surface area contributed by atoms with Crippen molar-refractivity contribution in [3.63, 3.8) is 0 Å². The van der Waals surface area contributed by atoms with E-state index in [0.717, 1.165) is 12.2 Å². The maximum Gasteiger partial charge on any atom is 0.505 e. The number of fused-ring (bicyclic) bond motifs is 1. The van der Waals surface area contributed by atoms with E-state index in [-0.39, 0.29) is 27.7 Å². The first-order chi connectivity index (χ1) is 12.7. The van der Waals surface area contributed by atoms with Gasteiger partial charge in [0.1, 0.15) is 0 Å². The van der Waals surface area contributed by atoms with Crippen LogP contribution in [0.1, 0.15) is 16.8 Å². The zero-order chi connectivity index (χ0) is 19.8. The van der Waals surface area contributed by atoms with E-state index in [1.807, 2.05) is 0 Å². The Morgan fingerprint density at radius 2 is 1.93 bits per heavy atom. The molecule has 9 heteroatoms. The van der Waals surface area contributed by atoms with Crippen LogP contribution in [0.5, 0.6) is 0 Å². The molecule has 140 valence electrons. The van der Waals surface area contributed by atoms with Crippen molar-refractivity contribution >= 4 is 46.2 Å². The minimum absolute atomic E-state index is 0.0726. The van der Waals surface area contributed by atoms with Crippen molar-refractivity contribution in [3.05, 3.63) is 69.3 Å². The molecular weight excluding hydrogens is 404 g/mol. The number of halogens is 5. The Kier molecular flexibility index (Phi) is 5.17. The van der Waals surface area contributed by atoms with Crippen LogP contribution < -0.4 is 0 Å². The molecule has 0 fully saturated rings. The van der Waals surface area contributed by atoms with E-state index in [1.54, 1.807) is 24.3 Å². The van der Waals surface area contributed by atoms with Crippen LogP contribution in [0.3, 0.4) is 0 Å². The first kappa shape index (κ1) is 19.3. The Morgan fingerprint density at radius 1 is 1.19 bits per heavy atom. The lowest BCUT2D eigenvalue weighted by Crippen LogP contribution is -2.18. The van der Waals surface area contributed by atoms with Crippen molar-refractivity contribution in [1.82, 2.24) is 9.78 Å². The Morgan fingerprint density at radius 3 is 2.56 bits per heavy atom. The summed E-state index contributed by atoms with van der Waals surface area (Å²) in [7, 11) is 0. The second-order valence-corrected chi connectivity index (χ2v) is 6.50. The third-order valence-corrected chi connectivity index (χ3v) is 4.43. The Bertz CT molecular complexity index is 1060. The standard InChI is InChI=1S/C18H11Cl2F3N2O2/c19-12-5-4-10(13(20)9-12)8-11-2-1-3-15-17(11)14(6-7-16(26)27)24-25(15)18(21,22)23/h1-7,9H,8H2,(H,26,27)/b7-6+. The smallest absolute Gasteiger partial charge is 0.478 e. The largest absolute Gasteiger partial charge is 0.505 e. The summed E-state index contributed by atoms with van der Waals surface area (Å²) in [5, 5.41) is 13.4. The van der Waals surface area contributed by atoms with Crippen molar-refractivity contribution in [2.75, 3.05) is 0 Å². The van der Waals surface area contributed by atoms with Gasteiger partial charge in [-0.1, -0.05) is 41.4 Å². The van der Waals surface area contributed by atoms with Gasteiger partial charge < -0.3 is 5.11 Å². The molecule has 0 unspecified atom stereocenters. The molecule has 3 rings (SSSR count). The van der Waals surface area contributed by atoms with Gasteiger partial charge in [0, 0.05) is 21.5 Å². The van der Waals surface area contributed by atoms with E-state index in [0.29, 0.717) is 21.2 Å². The fourth-order valence-corrected chi connectivity index (χ4v) is 3.22. The highest BCUT2D eigenvalue weighted by molar-refractivity contribution is 6.35. The minimum Gasteiger partial charge on any atom is -0.478 e. The van der Waals surface area contributed by atoms with Crippen LogP contribution in [0.2, 0.25) is 10.0 Å². The van der Waals surface area contributed by atoms with Gasteiger partial charge in [0.15, 0.2) is 0 Å². The summed E-state index contributed by atoms with van der Waals surface area (Å²) in [5.41, 5.74) is 0.930. The van der Waals surface area contributed by atoms with Crippen LogP contribution in [0.15, 0.2) is 42.5 Å². The Labute approximate surface area is 161 Å². The molecule has 0 spiro atoms. The van der Waals surface area contributed by atoms with E-state index in [1.165, 1.54) is 12.1 Å². The highest BCUT2D eigenvalue weighted by Gasteiger charge is 2.34. The molecule has 1 N–H and O–H groups in total. The molecule has 0 saturated heterocycles. The number of nitrogens with zero attached hydrogens (tertiary/aromatic N) is 2. The summed E-state index contributed by atoms with van der Waals surface area (Å²) < 4.78 is 39.9. The fourth-order valence-electron chi connectivity index (χ4n) is 2.75. The molecular formula is C18H11Cl2F3N2O2. The number of rotatable bonds is 4. The Hall–Kier alpha value is -2.51. The van der Waals surface area contributed by atoms with Crippen LogP contribution in [0.25, 0.3) is 17.0 Å². The molecule has 0 atom stereocenters. The van der Waals surface area contributed by atoms with Crippen molar-refractivity contribution < 1.29 is 23.1 Å². The van der Waals surface area contributed by atoms with Crippen LogP contribution in [0.4, 0.5) is 13.2 Å². The van der Waals surface area contributed by atoms with Gasteiger partial charge in [-0.05, 0) is 41.8 Å². The second-order valence-electron chi connectivity index (χ2n) is 5.66. The SMILES string of the molecule is O=C(O)/C=C/c1nn(C(F)(F)F)c2cccc(Cc3ccc(Cl)cc3Cl)c12. The number of aliphatic carboxylic acids is 1. The molecule has 3 aromatic rings. The summed E-state index contributed by atoms with van der Waals surface area (Å²) in [5.74, 6) is -1.29. The molecule has 1 aromatic heterocycles. The molecule has 0 aliphatic carbocycles. The second kappa shape index (κ2) is 7.25. The molecule has 0 radical (unpaired) electrons. The lowest BCUT2D eigenvalue weighted by atomic mass is 10.00. The zero-order valence-electron chi connectivity index (χ0n) is 13.5. The van der Waals surface area contributed by atoms with Crippen molar-refractivity contribution in [3.8, 4) is 0 Å². The van der Waals surface area contributed by atoms with Gasteiger partial charge in [-0.25, -0.2) is 4.79 Å². The van der Waals surface area contributed by atoms with E-state index >= 15 is 0 Å². The third-order valence-electron chi connectivity index (χ3n) is 3.84. The van der Waals surface area contributed by atoms with Crippen LogP contribution in [-0.4, -0.2) is 20.9 Å². The van der Waals surface area contributed by atoms with E-state index < -0.39 is 12.3 Å². The van der Waals surface area contributed by atoms with Crippen molar-refractivity contribution in [2.45, 2.75) is 12.7 Å². The van der Waals surface area contributed by atoms with Gasteiger partial charge in [-0.15, -0.1) is 13.2 Å². The summed E-state index contributed by atoms with van der Waals surface area (Å²) in [6.07, 6.45) is -2.73. The highest BCUT2D eigenvalue weighted by Crippen LogP contribution is 2.33. The summed E-state index contributed by atoms with van der Waals surface area (Å²) in [6, 6.07) is 9.27. The van der Waals surface area contributed by atoms with Crippen molar-refractivity contribution in [1.29, 1.82) is 0 Å². The molecule has 0 amide bonds. The van der Waals surface area contributed by atoms with Crippen LogP contribution in [-0.2, 0) is 17.5 Å². The first-order valence-electron chi connectivity index (χ1n) is 7.59. The predicted molar refractivity (Wildman–Crippen MR) is 97.0 cm³/mol. The number of hydrogen-bond donors (Lipinski definition) is 1. The van der Waals surface area contributed by atoms with E-state index in [2.05, 4.69) is 5.10 Å². The first-order valence-corrected chi connectivity index (χ1v) is 8.35. The summed E-state index contributed by atoms with van der Waals surface area (Å²) in [6.45, 7) is 0. The van der Waals surface area contributed by atoms with Gasteiger partial charge in [-0.3, -0.25) is 0 Å². The molecule has 27 heavy (non-hydrogen) atoms. The lowest BCUT2D eigenvalue weighted by molar-refractivity contribution is -0.209. The number of benzene rings is 2. The van der Waals surface area contributed by atoms with Gasteiger partial charge >= 0.3 is 12.3 Å². The van der Waals surface area contributed by atoms with Gasteiger partial charge in [0.2, 0.25) is 0 Å². The van der Waals surface area contributed by atoms with Gasteiger partial charge in [0.05, 0.1) is 11.2 Å². The highest BCUT2D eigenvalue weighted by atomic mass is 35.5. The molecule has 0 aliphatic heterocycles. The average molecular weight is 415 g/mol. The van der Waals surface area contributed by atoms with Crippen molar-refractivity contribution in [2.24, 2.45) is 0 Å². The number of hydrogen-bond acceptors (Lipinski definition) is 2. The molecule has 1 heterocycles. The third kappa shape index (κ3) is 4.09. The fraction of sp³-hybridized carbons (Fsp3) is 0.111. The number of aromatic nitrogens is 2. The monoisotopic (exact) mass is 414 g/mol. The zero-order valence-corrected chi connectivity index (χ0v) is 15.0. The summed E-state index contributed by atoms with van der Waals surface area (Å²) in [4.78, 5) is 10.8. The molecule has 0 bridgehead atoms. The van der Waals surface area contributed by atoms with Gasteiger partial charge in [-0.2, -0.15) is 9.78 Å².